The topological polar surface area (TPSA) is 77.0 Å². The smallest absolute Gasteiger partial charge is 0.258 e. The fourth-order valence-electron chi connectivity index (χ4n) is 3.20. The second kappa shape index (κ2) is 8.94. The van der Waals surface area contributed by atoms with Crippen molar-refractivity contribution in [3.63, 3.8) is 0 Å². The van der Waals surface area contributed by atoms with Crippen LogP contribution in [0.4, 0.5) is 0 Å². The molecule has 1 amide bonds. The van der Waals surface area contributed by atoms with Crippen molar-refractivity contribution >= 4 is 5.91 Å². The number of hydrogen-bond donors (Lipinski definition) is 2. The summed E-state index contributed by atoms with van der Waals surface area (Å²) in [7, 11) is 3.02. The van der Waals surface area contributed by atoms with E-state index in [9.17, 15) is 9.90 Å². The molecule has 0 aromatic heterocycles. The van der Waals surface area contributed by atoms with Gasteiger partial charge >= 0.3 is 0 Å². The Hall–Kier alpha value is -1.95. The van der Waals surface area contributed by atoms with Gasteiger partial charge in [-0.15, -0.1) is 0 Å². The number of carbonyl (C=O) groups excluding carboxylic acids is 1. The number of carbonyl (C=O) groups is 1. The molecule has 0 saturated heterocycles. The van der Waals surface area contributed by atoms with E-state index in [2.05, 4.69) is 12.2 Å². The zero-order valence-corrected chi connectivity index (χ0v) is 15.5. The van der Waals surface area contributed by atoms with Gasteiger partial charge in [0.2, 0.25) is 5.75 Å². The molecular weight excluding hydrogens is 322 g/mol. The Kier molecular flexibility index (Phi) is 6.93. The van der Waals surface area contributed by atoms with Gasteiger partial charge < -0.3 is 24.6 Å². The number of ether oxygens (including phenoxy) is 3. The molecule has 6 heteroatoms. The Morgan fingerprint density at radius 1 is 1.24 bits per heavy atom. The van der Waals surface area contributed by atoms with E-state index in [0.717, 1.165) is 19.3 Å². The van der Waals surface area contributed by atoms with Gasteiger partial charge in [-0.1, -0.05) is 19.8 Å². The molecule has 1 fully saturated rings. The Labute approximate surface area is 149 Å². The monoisotopic (exact) mass is 351 g/mol. The minimum Gasteiger partial charge on any atom is -0.493 e. The molecule has 1 aliphatic carbocycles. The summed E-state index contributed by atoms with van der Waals surface area (Å²) in [6.07, 6.45) is 3.89. The van der Waals surface area contributed by atoms with Crippen molar-refractivity contribution < 1.29 is 24.1 Å². The number of amides is 1. The van der Waals surface area contributed by atoms with Gasteiger partial charge in [0.25, 0.3) is 5.91 Å². The molecule has 0 heterocycles. The summed E-state index contributed by atoms with van der Waals surface area (Å²) in [5.41, 5.74) is 0.654. The van der Waals surface area contributed by atoms with Crippen molar-refractivity contribution in [2.45, 2.75) is 51.7 Å². The number of methoxy groups -OCH3 is 2. The predicted octanol–water partition coefficient (Wildman–Crippen LogP) is 2.83. The Bertz CT molecular complexity index is 562. The summed E-state index contributed by atoms with van der Waals surface area (Å²) in [4.78, 5) is 12.2. The highest BCUT2D eigenvalue weighted by Crippen LogP contribution is 2.40. The molecule has 0 bridgehead atoms. The van der Waals surface area contributed by atoms with Gasteiger partial charge in [-0.25, -0.2) is 0 Å². The summed E-state index contributed by atoms with van der Waals surface area (Å²) in [6, 6.07) is 3.58. The van der Waals surface area contributed by atoms with Gasteiger partial charge in [-0.05, 0) is 43.4 Å². The molecule has 0 unspecified atom stereocenters. The van der Waals surface area contributed by atoms with Crippen molar-refractivity contribution in [3.8, 4) is 17.2 Å². The van der Waals surface area contributed by atoms with Crippen LogP contribution in [0.1, 0.15) is 51.2 Å². The SMILES string of the molecule is COc1cc([C@H](C)O)cc(OC)c1OCC(=O)N[C@H]1CCCC[C@H]1C. The largest absolute Gasteiger partial charge is 0.493 e. The minimum absolute atomic E-state index is 0.107. The van der Waals surface area contributed by atoms with E-state index < -0.39 is 6.10 Å². The van der Waals surface area contributed by atoms with Crippen molar-refractivity contribution in [2.24, 2.45) is 5.92 Å². The maximum absolute atomic E-state index is 12.2. The van der Waals surface area contributed by atoms with Crippen LogP contribution in [0.3, 0.4) is 0 Å². The fraction of sp³-hybridized carbons (Fsp3) is 0.632. The highest BCUT2D eigenvalue weighted by molar-refractivity contribution is 5.78. The van der Waals surface area contributed by atoms with Crippen molar-refractivity contribution in [1.82, 2.24) is 5.32 Å². The normalized spacial score (nSPS) is 21.3. The van der Waals surface area contributed by atoms with Crippen LogP contribution in [0, 0.1) is 5.92 Å². The number of nitrogens with one attached hydrogen (secondary N) is 1. The van der Waals surface area contributed by atoms with Gasteiger partial charge in [0, 0.05) is 6.04 Å². The molecule has 2 rings (SSSR count). The van der Waals surface area contributed by atoms with E-state index in [0.29, 0.717) is 28.7 Å². The Balaban J connectivity index is 2.04. The van der Waals surface area contributed by atoms with E-state index >= 15 is 0 Å². The summed E-state index contributed by atoms with van der Waals surface area (Å²) in [6.45, 7) is 3.73. The first kappa shape index (κ1) is 19.4. The Morgan fingerprint density at radius 3 is 2.36 bits per heavy atom. The summed E-state index contributed by atoms with van der Waals surface area (Å²) < 4.78 is 16.3. The van der Waals surface area contributed by atoms with Crippen molar-refractivity contribution in [2.75, 3.05) is 20.8 Å². The molecule has 140 valence electrons. The molecule has 0 spiro atoms. The van der Waals surface area contributed by atoms with Gasteiger partial charge in [0.05, 0.1) is 20.3 Å². The third-order valence-corrected chi connectivity index (χ3v) is 4.77. The van der Waals surface area contributed by atoms with E-state index in [-0.39, 0.29) is 18.6 Å². The minimum atomic E-state index is -0.659. The summed E-state index contributed by atoms with van der Waals surface area (Å²) in [5.74, 6) is 1.55. The second-order valence-corrected chi connectivity index (χ2v) is 6.65. The van der Waals surface area contributed by atoms with Crippen molar-refractivity contribution in [3.05, 3.63) is 17.7 Å². The number of aliphatic hydroxyl groups excluding tert-OH is 1. The van der Waals surface area contributed by atoms with Crippen LogP contribution in [-0.4, -0.2) is 37.9 Å². The molecule has 25 heavy (non-hydrogen) atoms. The van der Waals surface area contributed by atoms with E-state index in [1.807, 2.05) is 0 Å². The summed E-state index contributed by atoms with van der Waals surface area (Å²) in [5, 5.41) is 12.8. The van der Waals surface area contributed by atoms with Gasteiger partial charge in [-0.3, -0.25) is 4.79 Å². The Morgan fingerprint density at radius 2 is 1.84 bits per heavy atom. The van der Waals surface area contributed by atoms with E-state index in [1.54, 1.807) is 19.1 Å². The fourth-order valence-corrected chi connectivity index (χ4v) is 3.20. The van der Waals surface area contributed by atoms with E-state index in [4.69, 9.17) is 14.2 Å². The lowest BCUT2D eigenvalue weighted by atomic mass is 9.86. The van der Waals surface area contributed by atoms with Crippen LogP contribution in [0.2, 0.25) is 0 Å². The van der Waals surface area contributed by atoms with E-state index in [1.165, 1.54) is 20.6 Å². The lowest BCUT2D eigenvalue weighted by Gasteiger charge is -2.29. The molecule has 0 aliphatic heterocycles. The first-order chi connectivity index (χ1) is 12.0. The molecule has 0 radical (unpaired) electrons. The van der Waals surface area contributed by atoms with Gasteiger partial charge in [0.15, 0.2) is 18.1 Å². The number of benzene rings is 1. The number of aliphatic hydroxyl groups is 1. The van der Waals surface area contributed by atoms with Crippen LogP contribution in [-0.2, 0) is 4.79 Å². The lowest BCUT2D eigenvalue weighted by Crippen LogP contribution is -2.43. The van der Waals surface area contributed by atoms with Crippen molar-refractivity contribution in [1.29, 1.82) is 0 Å². The molecule has 6 nitrogen and oxygen atoms in total. The van der Waals surface area contributed by atoms with Gasteiger partial charge in [0.1, 0.15) is 0 Å². The van der Waals surface area contributed by atoms with Gasteiger partial charge in [-0.2, -0.15) is 0 Å². The molecule has 3 atom stereocenters. The van der Waals surface area contributed by atoms with Crippen LogP contribution in [0.15, 0.2) is 12.1 Å². The zero-order valence-electron chi connectivity index (χ0n) is 15.5. The molecule has 2 N–H and O–H groups in total. The molecule has 1 aromatic rings. The highest BCUT2D eigenvalue weighted by Gasteiger charge is 2.23. The average Bonchev–Trinajstić information content (AvgIpc) is 2.61. The zero-order chi connectivity index (χ0) is 18.4. The first-order valence-corrected chi connectivity index (χ1v) is 8.82. The predicted molar refractivity (Wildman–Crippen MR) is 95.2 cm³/mol. The molecular formula is C19H29NO5. The molecule has 1 aromatic carbocycles. The molecule has 1 aliphatic rings. The second-order valence-electron chi connectivity index (χ2n) is 6.65. The number of rotatable bonds is 7. The summed E-state index contributed by atoms with van der Waals surface area (Å²) >= 11 is 0. The standard InChI is InChI=1S/C19H29NO5/c1-12-7-5-6-8-15(12)20-18(22)11-25-19-16(23-3)9-14(13(2)21)10-17(19)24-4/h9-10,12-13,15,21H,5-8,11H2,1-4H3,(H,20,22)/t12-,13+,15+/m1/s1. The quantitative estimate of drug-likeness (QED) is 0.790. The first-order valence-electron chi connectivity index (χ1n) is 8.82. The lowest BCUT2D eigenvalue weighted by molar-refractivity contribution is -0.124. The maximum Gasteiger partial charge on any atom is 0.258 e. The van der Waals surface area contributed by atoms with Crippen LogP contribution >= 0.6 is 0 Å². The third kappa shape index (κ3) is 5.01. The highest BCUT2D eigenvalue weighted by atomic mass is 16.5. The molecule has 1 saturated carbocycles. The maximum atomic E-state index is 12.2. The average molecular weight is 351 g/mol. The van der Waals surface area contributed by atoms with Crippen LogP contribution in [0.25, 0.3) is 0 Å². The van der Waals surface area contributed by atoms with Crippen LogP contribution < -0.4 is 19.5 Å². The third-order valence-electron chi connectivity index (χ3n) is 4.77. The number of hydrogen-bond acceptors (Lipinski definition) is 5. The van der Waals surface area contributed by atoms with Crippen LogP contribution in [0.5, 0.6) is 17.2 Å².